The second-order valence-corrected chi connectivity index (χ2v) is 5.80. The SMILES string of the molecule is CCSC1CCCC1N1CCC(=O)NC1=O. The molecule has 2 atom stereocenters. The first-order chi connectivity index (χ1) is 7.72. The maximum Gasteiger partial charge on any atom is 0.324 e. The highest BCUT2D eigenvalue weighted by molar-refractivity contribution is 7.99. The molecule has 4 nitrogen and oxygen atoms in total. The number of nitrogens with one attached hydrogen (secondary N) is 1. The van der Waals surface area contributed by atoms with Crippen LogP contribution in [0.15, 0.2) is 0 Å². The predicted molar refractivity (Wildman–Crippen MR) is 64.4 cm³/mol. The van der Waals surface area contributed by atoms with Crippen LogP contribution in [0.1, 0.15) is 32.6 Å². The van der Waals surface area contributed by atoms with E-state index in [1.54, 1.807) is 0 Å². The van der Waals surface area contributed by atoms with Gasteiger partial charge in [0, 0.05) is 24.3 Å². The van der Waals surface area contributed by atoms with E-state index in [0.29, 0.717) is 24.3 Å². The van der Waals surface area contributed by atoms with E-state index in [-0.39, 0.29) is 11.9 Å². The van der Waals surface area contributed by atoms with Crippen LogP contribution in [-0.2, 0) is 4.79 Å². The van der Waals surface area contributed by atoms with Gasteiger partial charge in [0.15, 0.2) is 0 Å². The Kier molecular flexibility index (Phi) is 3.74. The summed E-state index contributed by atoms with van der Waals surface area (Å²) in [7, 11) is 0. The van der Waals surface area contributed by atoms with E-state index < -0.39 is 0 Å². The van der Waals surface area contributed by atoms with Crippen molar-refractivity contribution < 1.29 is 9.59 Å². The zero-order chi connectivity index (χ0) is 11.5. The van der Waals surface area contributed by atoms with Crippen molar-refractivity contribution in [1.82, 2.24) is 10.2 Å². The number of hydrogen-bond donors (Lipinski definition) is 1. The van der Waals surface area contributed by atoms with Crippen molar-refractivity contribution in [2.45, 2.75) is 43.9 Å². The number of thioether (sulfide) groups is 1. The lowest BCUT2D eigenvalue weighted by atomic mass is 10.2. The Balaban J connectivity index is 2.00. The summed E-state index contributed by atoms with van der Waals surface area (Å²) in [4.78, 5) is 24.7. The monoisotopic (exact) mass is 242 g/mol. The summed E-state index contributed by atoms with van der Waals surface area (Å²) >= 11 is 1.94. The maximum atomic E-state index is 11.7. The lowest BCUT2D eigenvalue weighted by Crippen LogP contribution is -2.54. The van der Waals surface area contributed by atoms with E-state index in [1.807, 2.05) is 16.7 Å². The molecule has 0 aromatic carbocycles. The molecule has 0 radical (unpaired) electrons. The van der Waals surface area contributed by atoms with Crippen LogP contribution in [0, 0.1) is 0 Å². The summed E-state index contributed by atoms with van der Waals surface area (Å²) in [6, 6.07) is 0.142. The number of rotatable bonds is 3. The minimum absolute atomic E-state index is 0.140. The van der Waals surface area contributed by atoms with Gasteiger partial charge >= 0.3 is 6.03 Å². The Hall–Kier alpha value is -0.710. The van der Waals surface area contributed by atoms with Crippen LogP contribution < -0.4 is 5.32 Å². The fourth-order valence-corrected chi connectivity index (χ4v) is 3.83. The van der Waals surface area contributed by atoms with Gasteiger partial charge in [0.2, 0.25) is 5.91 Å². The van der Waals surface area contributed by atoms with Crippen LogP contribution in [-0.4, -0.2) is 40.4 Å². The van der Waals surface area contributed by atoms with Gasteiger partial charge in [0.05, 0.1) is 0 Å². The van der Waals surface area contributed by atoms with Gasteiger partial charge in [-0.15, -0.1) is 0 Å². The van der Waals surface area contributed by atoms with E-state index in [1.165, 1.54) is 12.8 Å². The first-order valence-electron chi connectivity index (χ1n) is 5.94. The Labute approximate surface area is 100 Å². The third-order valence-corrected chi connectivity index (χ3v) is 4.60. The van der Waals surface area contributed by atoms with Gasteiger partial charge in [-0.2, -0.15) is 11.8 Å². The predicted octanol–water partition coefficient (Wildman–Crippen LogP) is 1.60. The third-order valence-electron chi connectivity index (χ3n) is 3.29. The summed E-state index contributed by atoms with van der Waals surface area (Å²) in [5.41, 5.74) is 0. The molecule has 1 N–H and O–H groups in total. The van der Waals surface area contributed by atoms with Gasteiger partial charge < -0.3 is 4.90 Å². The molecule has 2 unspecified atom stereocenters. The zero-order valence-electron chi connectivity index (χ0n) is 9.57. The molecule has 2 fully saturated rings. The van der Waals surface area contributed by atoms with Crippen molar-refractivity contribution in [2.24, 2.45) is 0 Å². The summed E-state index contributed by atoms with van der Waals surface area (Å²) < 4.78 is 0. The molecule has 3 amide bonds. The minimum Gasteiger partial charge on any atom is -0.320 e. The third kappa shape index (κ3) is 2.34. The van der Waals surface area contributed by atoms with Crippen LogP contribution in [0.3, 0.4) is 0 Å². The van der Waals surface area contributed by atoms with Gasteiger partial charge in [-0.1, -0.05) is 13.3 Å². The first-order valence-corrected chi connectivity index (χ1v) is 6.99. The number of hydrogen-bond acceptors (Lipinski definition) is 3. The fraction of sp³-hybridized carbons (Fsp3) is 0.818. The molecule has 90 valence electrons. The molecule has 1 heterocycles. The number of nitrogens with zero attached hydrogens (tertiary/aromatic N) is 1. The Morgan fingerprint density at radius 2 is 2.25 bits per heavy atom. The molecule has 2 rings (SSSR count). The molecule has 5 heteroatoms. The molecule has 16 heavy (non-hydrogen) atoms. The quantitative estimate of drug-likeness (QED) is 0.818. The van der Waals surface area contributed by atoms with Crippen molar-refractivity contribution in [3.8, 4) is 0 Å². The molecule has 0 aromatic heterocycles. The van der Waals surface area contributed by atoms with Crippen molar-refractivity contribution in [1.29, 1.82) is 0 Å². The highest BCUT2D eigenvalue weighted by Gasteiger charge is 2.36. The van der Waals surface area contributed by atoms with E-state index >= 15 is 0 Å². The van der Waals surface area contributed by atoms with E-state index in [9.17, 15) is 9.59 Å². The first kappa shape index (κ1) is 11.8. The molecule has 1 aliphatic heterocycles. The van der Waals surface area contributed by atoms with Crippen LogP contribution in [0.25, 0.3) is 0 Å². The molecule has 1 saturated carbocycles. The van der Waals surface area contributed by atoms with Crippen LogP contribution in [0.5, 0.6) is 0 Å². The topological polar surface area (TPSA) is 49.4 Å². The van der Waals surface area contributed by atoms with Crippen molar-refractivity contribution >= 4 is 23.7 Å². The zero-order valence-corrected chi connectivity index (χ0v) is 10.4. The summed E-state index contributed by atoms with van der Waals surface area (Å²) in [5, 5.41) is 2.97. The van der Waals surface area contributed by atoms with Crippen LogP contribution in [0.2, 0.25) is 0 Å². The average molecular weight is 242 g/mol. The number of urea groups is 1. The van der Waals surface area contributed by atoms with Crippen LogP contribution in [0.4, 0.5) is 4.79 Å². The summed E-state index contributed by atoms with van der Waals surface area (Å²) in [6.45, 7) is 2.75. The second kappa shape index (κ2) is 5.08. The molecule has 1 saturated heterocycles. The standard InChI is InChI=1S/C11H18N2O2S/c1-2-16-9-5-3-4-8(9)13-7-6-10(14)12-11(13)15/h8-9H,2-7H2,1H3,(H,12,14,15). The average Bonchev–Trinajstić information content (AvgIpc) is 2.67. The lowest BCUT2D eigenvalue weighted by Gasteiger charge is -2.35. The normalized spacial score (nSPS) is 30.7. The molecule has 2 aliphatic rings. The highest BCUT2D eigenvalue weighted by atomic mass is 32.2. The van der Waals surface area contributed by atoms with E-state index in [0.717, 1.165) is 12.2 Å². The van der Waals surface area contributed by atoms with Crippen molar-refractivity contribution in [3.63, 3.8) is 0 Å². The fourth-order valence-electron chi connectivity index (χ4n) is 2.57. The number of amides is 3. The highest BCUT2D eigenvalue weighted by Crippen LogP contribution is 2.33. The van der Waals surface area contributed by atoms with Gasteiger partial charge in [0.25, 0.3) is 0 Å². The Morgan fingerprint density at radius 3 is 2.94 bits per heavy atom. The van der Waals surface area contributed by atoms with Gasteiger partial charge in [-0.05, 0) is 18.6 Å². The molecule has 0 spiro atoms. The van der Waals surface area contributed by atoms with E-state index in [4.69, 9.17) is 0 Å². The molecular formula is C11H18N2O2S. The van der Waals surface area contributed by atoms with Crippen LogP contribution >= 0.6 is 11.8 Å². The number of imide groups is 1. The van der Waals surface area contributed by atoms with Gasteiger partial charge in [-0.3, -0.25) is 10.1 Å². The molecule has 1 aliphatic carbocycles. The summed E-state index contributed by atoms with van der Waals surface area (Å²) in [5.74, 6) is 0.953. The largest absolute Gasteiger partial charge is 0.324 e. The number of carbonyl (C=O) groups excluding carboxylic acids is 2. The Morgan fingerprint density at radius 1 is 1.44 bits per heavy atom. The molecule has 0 bridgehead atoms. The minimum atomic E-state index is -0.190. The van der Waals surface area contributed by atoms with Gasteiger partial charge in [-0.25, -0.2) is 4.79 Å². The number of carbonyl (C=O) groups is 2. The second-order valence-electron chi connectivity index (χ2n) is 4.29. The van der Waals surface area contributed by atoms with Crippen molar-refractivity contribution in [3.05, 3.63) is 0 Å². The van der Waals surface area contributed by atoms with E-state index in [2.05, 4.69) is 12.2 Å². The lowest BCUT2D eigenvalue weighted by molar-refractivity contribution is -0.121. The molecular weight excluding hydrogens is 224 g/mol. The summed E-state index contributed by atoms with van der Waals surface area (Å²) in [6.07, 6.45) is 3.92. The Bertz CT molecular complexity index is 296. The maximum absolute atomic E-state index is 11.7. The van der Waals surface area contributed by atoms with Crippen molar-refractivity contribution in [2.75, 3.05) is 12.3 Å². The molecule has 0 aromatic rings. The smallest absolute Gasteiger partial charge is 0.320 e. The van der Waals surface area contributed by atoms with Gasteiger partial charge in [0.1, 0.15) is 0 Å².